The quantitative estimate of drug-likeness (QED) is 0.842. The van der Waals surface area contributed by atoms with Gasteiger partial charge in [0.25, 0.3) is 0 Å². The molecule has 1 saturated carbocycles. The third-order valence-electron chi connectivity index (χ3n) is 3.51. The van der Waals surface area contributed by atoms with Gasteiger partial charge in [0.15, 0.2) is 0 Å². The van der Waals surface area contributed by atoms with E-state index in [1.807, 2.05) is 6.07 Å². The van der Waals surface area contributed by atoms with Crippen LogP contribution in [-0.2, 0) is 0 Å². The largest absolute Gasteiger partial charge is 0.328 e. The maximum Gasteiger partial charge on any atom is 0.150 e. The Morgan fingerprint density at radius 3 is 2.71 bits per heavy atom. The molecule has 1 aromatic carbocycles. The summed E-state index contributed by atoms with van der Waals surface area (Å²) in [6.45, 7) is 0. The zero-order valence-electron chi connectivity index (χ0n) is 9.53. The summed E-state index contributed by atoms with van der Waals surface area (Å²) in [5.41, 5.74) is 6.43. The van der Waals surface area contributed by atoms with Gasteiger partial charge in [-0.1, -0.05) is 6.07 Å². The number of nitrogens with two attached hydrogens (primary N) is 1. The van der Waals surface area contributed by atoms with E-state index in [0.29, 0.717) is 17.5 Å². The number of rotatable bonds is 1. The lowest BCUT2D eigenvalue weighted by molar-refractivity contribution is 0.395. The van der Waals surface area contributed by atoms with Crippen molar-refractivity contribution in [1.82, 2.24) is 4.98 Å². The van der Waals surface area contributed by atoms with Crippen molar-refractivity contribution < 1.29 is 4.39 Å². The number of hydrogen-bond donors (Lipinski definition) is 1. The van der Waals surface area contributed by atoms with Crippen LogP contribution in [0.5, 0.6) is 0 Å². The molecule has 0 bridgehead atoms. The summed E-state index contributed by atoms with van der Waals surface area (Å²) >= 11 is 1.63. The number of hydrogen-bond acceptors (Lipinski definition) is 3. The monoisotopic (exact) mass is 250 g/mol. The van der Waals surface area contributed by atoms with Crippen molar-refractivity contribution in [3.05, 3.63) is 29.0 Å². The fraction of sp³-hybridized carbons (Fsp3) is 0.462. The first kappa shape index (κ1) is 11.1. The lowest BCUT2D eigenvalue weighted by atomic mass is 9.87. The molecule has 1 aliphatic rings. The van der Waals surface area contributed by atoms with Crippen molar-refractivity contribution in [2.45, 2.75) is 37.6 Å². The number of benzene rings is 1. The Kier molecular flexibility index (Phi) is 2.84. The van der Waals surface area contributed by atoms with Crippen LogP contribution in [0.1, 0.15) is 36.6 Å². The van der Waals surface area contributed by atoms with Gasteiger partial charge in [-0.3, -0.25) is 0 Å². The van der Waals surface area contributed by atoms with E-state index in [2.05, 4.69) is 4.98 Å². The molecule has 90 valence electrons. The number of halogens is 1. The van der Waals surface area contributed by atoms with E-state index < -0.39 is 0 Å². The van der Waals surface area contributed by atoms with Gasteiger partial charge >= 0.3 is 0 Å². The molecular weight excluding hydrogens is 235 g/mol. The van der Waals surface area contributed by atoms with Crippen molar-refractivity contribution in [3.63, 3.8) is 0 Å². The molecular formula is C13H15FN2S. The average Bonchev–Trinajstić information content (AvgIpc) is 2.75. The lowest BCUT2D eigenvalue weighted by Gasteiger charge is -2.24. The van der Waals surface area contributed by atoms with Gasteiger partial charge < -0.3 is 5.73 Å². The first-order valence-electron chi connectivity index (χ1n) is 6.04. The maximum absolute atomic E-state index is 13.6. The van der Waals surface area contributed by atoms with Crippen molar-refractivity contribution in [2.24, 2.45) is 5.73 Å². The summed E-state index contributed by atoms with van der Waals surface area (Å²) in [6.07, 6.45) is 4.29. The second-order valence-electron chi connectivity index (χ2n) is 4.75. The van der Waals surface area contributed by atoms with Gasteiger partial charge in [-0.15, -0.1) is 11.3 Å². The lowest BCUT2D eigenvalue weighted by Crippen LogP contribution is -2.25. The van der Waals surface area contributed by atoms with E-state index in [9.17, 15) is 4.39 Å². The molecule has 0 amide bonds. The van der Waals surface area contributed by atoms with E-state index in [-0.39, 0.29) is 5.82 Å². The molecule has 1 aliphatic carbocycles. The summed E-state index contributed by atoms with van der Waals surface area (Å²) < 4.78 is 14.5. The SMILES string of the molecule is NC1CCC(c2nc3c(F)cccc3s2)CC1. The number of nitrogens with zero attached hydrogens (tertiary/aromatic N) is 1. The Morgan fingerprint density at radius 1 is 1.24 bits per heavy atom. The van der Waals surface area contributed by atoms with Crippen molar-refractivity contribution in [3.8, 4) is 0 Å². The molecule has 1 aromatic heterocycles. The Morgan fingerprint density at radius 2 is 2.00 bits per heavy atom. The van der Waals surface area contributed by atoms with Gasteiger partial charge in [0.1, 0.15) is 11.3 Å². The minimum atomic E-state index is -0.211. The Bertz CT molecular complexity index is 529. The van der Waals surface area contributed by atoms with Crippen molar-refractivity contribution in [2.75, 3.05) is 0 Å². The number of aromatic nitrogens is 1. The molecule has 3 rings (SSSR count). The van der Waals surface area contributed by atoms with Gasteiger partial charge in [0, 0.05) is 12.0 Å². The Balaban J connectivity index is 1.93. The molecule has 2 nitrogen and oxygen atoms in total. The third kappa shape index (κ3) is 2.07. The third-order valence-corrected chi connectivity index (χ3v) is 4.69. The number of fused-ring (bicyclic) bond motifs is 1. The molecule has 0 radical (unpaired) electrons. The van der Waals surface area contributed by atoms with Crippen LogP contribution >= 0.6 is 11.3 Å². The number of para-hydroxylation sites is 1. The molecule has 0 unspecified atom stereocenters. The Labute approximate surface area is 104 Å². The van der Waals surface area contributed by atoms with Crippen LogP contribution in [0.15, 0.2) is 18.2 Å². The maximum atomic E-state index is 13.6. The van der Waals surface area contributed by atoms with E-state index in [0.717, 1.165) is 35.4 Å². The molecule has 1 fully saturated rings. The minimum absolute atomic E-state index is 0.211. The molecule has 0 aliphatic heterocycles. The van der Waals surface area contributed by atoms with Gasteiger partial charge in [0.2, 0.25) is 0 Å². The van der Waals surface area contributed by atoms with E-state index in [1.165, 1.54) is 6.07 Å². The van der Waals surface area contributed by atoms with Gasteiger partial charge in [0.05, 0.1) is 9.71 Å². The summed E-state index contributed by atoms with van der Waals surface area (Å²) in [7, 11) is 0. The first-order valence-corrected chi connectivity index (χ1v) is 6.86. The first-order chi connectivity index (χ1) is 8.24. The van der Waals surface area contributed by atoms with Crippen LogP contribution in [0.3, 0.4) is 0 Å². The standard InChI is InChI=1S/C13H15FN2S/c14-10-2-1-3-11-12(10)16-13(17-11)8-4-6-9(15)7-5-8/h1-3,8-9H,4-7,15H2. The average molecular weight is 250 g/mol. The van der Waals surface area contributed by atoms with Crippen LogP contribution in [-0.4, -0.2) is 11.0 Å². The highest BCUT2D eigenvalue weighted by molar-refractivity contribution is 7.18. The number of thiazole rings is 1. The second kappa shape index (κ2) is 4.35. The topological polar surface area (TPSA) is 38.9 Å². The molecule has 4 heteroatoms. The molecule has 17 heavy (non-hydrogen) atoms. The van der Waals surface area contributed by atoms with Gasteiger partial charge in [-0.25, -0.2) is 9.37 Å². The normalized spacial score (nSPS) is 25.3. The molecule has 0 saturated heterocycles. The van der Waals surface area contributed by atoms with Crippen LogP contribution < -0.4 is 5.73 Å². The Hall–Kier alpha value is -1.000. The van der Waals surface area contributed by atoms with Crippen molar-refractivity contribution >= 4 is 21.6 Å². The molecule has 0 atom stereocenters. The zero-order chi connectivity index (χ0) is 11.8. The van der Waals surface area contributed by atoms with E-state index >= 15 is 0 Å². The summed E-state index contributed by atoms with van der Waals surface area (Å²) in [6, 6.07) is 5.50. The van der Waals surface area contributed by atoms with Crippen LogP contribution in [0.2, 0.25) is 0 Å². The van der Waals surface area contributed by atoms with Crippen LogP contribution in [0, 0.1) is 5.82 Å². The highest BCUT2D eigenvalue weighted by Gasteiger charge is 2.23. The summed E-state index contributed by atoms with van der Waals surface area (Å²) in [5.74, 6) is 0.268. The predicted molar refractivity (Wildman–Crippen MR) is 68.8 cm³/mol. The van der Waals surface area contributed by atoms with Gasteiger partial charge in [-0.2, -0.15) is 0 Å². The highest BCUT2D eigenvalue weighted by Crippen LogP contribution is 2.36. The molecule has 2 aromatic rings. The summed E-state index contributed by atoms with van der Waals surface area (Å²) in [5, 5.41) is 1.08. The van der Waals surface area contributed by atoms with Crippen LogP contribution in [0.4, 0.5) is 4.39 Å². The molecule has 0 spiro atoms. The van der Waals surface area contributed by atoms with E-state index in [1.54, 1.807) is 17.4 Å². The smallest absolute Gasteiger partial charge is 0.150 e. The minimum Gasteiger partial charge on any atom is -0.328 e. The molecule has 2 N–H and O–H groups in total. The second-order valence-corrected chi connectivity index (χ2v) is 5.81. The van der Waals surface area contributed by atoms with E-state index in [4.69, 9.17) is 5.73 Å². The fourth-order valence-corrected chi connectivity index (χ4v) is 3.62. The van der Waals surface area contributed by atoms with Gasteiger partial charge in [-0.05, 0) is 37.8 Å². The zero-order valence-corrected chi connectivity index (χ0v) is 10.3. The fourth-order valence-electron chi connectivity index (χ4n) is 2.47. The highest BCUT2D eigenvalue weighted by atomic mass is 32.1. The predicted octanol–water partition coefficient (Wildman–Crippen LogP) is 3.42. The van der Waals surface area contributed by atoms with Crippen LogP contribution in [0.25, 0.3) is 10.2 Å². The molecule has 1 heterocycles. The van der Waals surface area contributed by atoms with Crippen molar-refractivity contribution in [1.29, 1.82) is 0 Å². The summed E-state index contributed by atoms with van der Waals surface area (Å²) in [4.78, 5) is 4.46.